The van der Waals surface area contributed by atoms with Crippen molar-refractivity contribution in [2.45, 2.75) is 25.6 Å². The second-order valence-electron chi connectivity index (χ2n) is 8.98. The van der Waals surface area contributed by atoms with Crippen LogP contribution in [0.2, 0.25) is 0 Å². The van der Waals surface area contributed by atoms with E-state index in [1.54, 1.807) is 6.20 Å². The van der Waals surface area contributed by atoms with Gasteiger partial charge >= 0.3 is 6.09 Å². The van der Waals surface area contributed by atoms with Gasteiger partial charge in [0.15, 0.2) is 0 Å². The van der Waals surface area contributed by atoms with E-state index in [1.807, 2.05) is 72.8 Å². The Morgan fingerprint density at radius 1 is 0.917 bits per heavy atom. The molecule has 1 saturated heterocycles. The lowest BCUT2D eigenvalue weighted by Gasteiger charge is -2.33. The Labute approximate surface area is 212 Å². The van der Waals surface area contributed by atoms with Crippen LogP contribution in [0, 0.1) is 0 Å². The van der Waals surface area contributed by atoms with Crippen LogP contribution in [0.3, 0.4) is 0 Å². The van der Waals surface area contributed by atoms with Gasteiger partial charge in [-0.25, -0.2) is 9.78 Å². The molecule has 188 valence electrons. The first-order chi connectivity index (χ1) is 17.6. The minimum atomic E-state index is -0.769. The average Bonchev–Trinajstić information content (AvgIpc) is 2.92. The van der Waals surface area contributed by atoms with Crippen LogP contribution in [-0.2, 0) is 29.1 Å². The van der Waals surface area contributed by atoms with Crippen LogP contribution in [0.15, 0.2) is 79.0 Å². The monoisotopic (exact) mass is 487 g/mol. The standard InChI is InChI=1S/C28H33N5O3/c1-32-14-16-33(17-15-32)26-19-24(12-13-29-26)20-30-27(34)25(18-22-8-4-2-5-9-22)31-28(35)36-21-23-10-6-3-7-11-23/h2-13,19,25H,14-18,20-21H2,1H3,(H,30,34)(H,31,35). The fraction of sp³-hybridized carbons (Fsp3) is 0.321. The van der Waals surface area contributed by atoms with E-state index in [-0.39, 0.29) is 12.5 Å². The summed E-state index contributed by atoms with van der Waals surface area (Å²) in [5.74, 6) is 0.645. The minimum Gasteiger partial charge on any atom is -0.445 e. The van der Waals surface area contributed by atoms with Crippen molar-refractivity contribution in [3.63, 3.8) is 0 Å². The maximum Gasteiger partial charge on any atom is 0.408 e. The van der Waals surface area contributed by atoms with Crippen molar-refractivity contribution >= 4 is 17.8 Å². The number of aromatic nitrogens is 1. The zero-order valence-corrected chi connectivity index (χ0v) is 20.6. The molecular weight excluding hydrogens is 454 g/mol. The van der Waals surface area contributed by atoms with Gasteiger partial charge in [0, 0.05) is 45.3 Å². The number of nitrogens with one attached hydrogen (secondary N) is 2. The van der Waals surface area contributed by atoms with E-state index in [4.69, 9.17) is 4.74 Å². The molecule has 2 heterocycles. The largest absolute Gasteiger partial charge is 0.445 e. The van der Waals surface area contributed by atoms with E-state index in [1.165, 1.54) is 0 Å². The van der Waals surface area contributed by atoms with E-state index in [0.29, 0.717) is 13.0 Å². The molecule has 1 aliphatic rings. The van der Waals surface area contributed by atoms with Gasteiger partial charge in [-0.05, 0) is 35.9 Å². The van der Waals surface area contributed by atoms with Gasteiger partial charge in [-0.3, -0.25) is 4.79 Å². The van der Waals surface area contributed by atoms with Crippen LogP contribution >= 0.6 is 0 Å². The normalized spacial score (nSPS) is 14.6. The quantitative estimate of drug-likeness (QED) is 0.483. The van der Waals surface area contributed by atoms with Crippen LogP contribution in [0.5, 0.6) is 0 Å². The van der Waals surface area contributed by atoms with E-state index in [2.05, 4.69) is 32.5 Å². The summed E-state index contributed by atoms with van der Waals surface area (Å²) < 4.78 is 5.35. The van der Waals surface area contributed by atoms with Crippen molar-refractivity contribution in [3.8, 4) is 0 Å². The predicted octanol–water partition coefficient (Wildman–Crippen LogP) is 2.99. The number of amides is 2. The smallest absolute Gasteiger partial charge is 0.408 e. The minimum absolute atomic E-state index is 0.137. The second kappa shape index (κ2) is 12.7. The number of carbonyl (C=O) groups excluding carboxylic acids is 2. The summed E-state index contributed by atoms with van der Waals surface area (Å²) in [6, 6.07) is 22.2. The number of alkyl carbamates (subject to hydrolysis) is 1. The van der Waals surface area contributed by atoms with E-state index in [9.17, 15) is 9.59 Å². The Kier molecular flexibility index (Phi) is 8.88. The maximum atomic E-state index is 13.1. The number of pyridine rings is 1. The summed E-state index contributed by atoms with van der Waals surface area (Å²) in [6.07, 6.45) is 1.50. The molecule has 4 rings (SSSR count). The first-order valence-corrected chi connectivity index (χ1v) is 12.2. The summed E-state index contributed by atoms with van der Waals surface area (Å²) in [7, 11) is 2.12. The zero-order chi connectivity index (χ0) is 25.2. The van der Waals surface area contributed by atoms with E-state index >= 15 is 0 Å². The molecule has 0 radical (unpaired) electrons. The zero-order valence-electron chi connectivity index (χ0n) is 20.6. The van der Waals surface area contributed by atoms with Crippen molar-refractivity contribution in [2.24, 2.45) is 0 Å². The Balaban J connectivity index is 1.36. The fourth-order valence-electron chi connectivity index (χ4n) is 4.06. The molecular formula is C28H33N5O3. The van der Waals surface area contributed by atoms with Crippen LogP contribution in [-0.4, -0.2) is 61.2 Å². The van der Waals surface area contributed by atoms with Gasteiger partial charge in [0.2, 0.25) is 5.91 Å². The molecule has 1 atom stereocenters. The molecule has 0 saturated carbocycles. The van der Waals surface area contributed by atoms with Gasteiger partial charge in [0.25, 0.3) is 0 Å². The van der Waals surface area contributed by atoms with Crippen molar-refractivity contribution in [2.75, 3.05) is 38.1 Å². The first-order valence-electron chi connectivity index (χ1n) is 12.2. The molecule has 8 nitrogen and oxygen atoms in total. The molecule has 1 fully saturated rings. The van der Waals surface area contributed by atoms with Crippen LogP contribution in [0.25, 0.3) is 0 Å². The number of rotatable bonds is 9. The third-order valence-electron chi connectivity index (χ3n) is 6.21. The van der Waals surface area contributed by atoms with Crippen molar-refractivity contribution in [3.05, 3.63) is 95.7 Å². The topological polar surface area (TPSA) is 86.8 Å². The van der Waals surface area contributed by atoms with Crippen molar-refractivity contribution in [1.29, 1.82) is 0 Å². The first kappa shape index (κ1) is 25.2. The molecule has 2 N–H and O–H groups in total. The molecule has 2 aromatic carbocycles. The highest BCUT2D eigenvalue weighted by Gasteiger charge is 2.22. The highest BCUT2D eigenvalue weighted by Crippen LogP contribution is 2.15. The number of piperazine rings is 1. The third-order valence-corrected chi connectivity index (χ3v) is 6.21. The van der Waals surface area contributed by atoms with Gasteiger partial charge in [-0.2, -0.15) is 0 Å². The molecule has 1 unspecified atom stereocenters. The summed E-state index contributed by atoms with van der Waals surface area (Å²) in [5, 5.41) is 5.71. The van der Waals surface area contributed by atoms with Crippen molar-refractivity contribution < 1.29 is 14.3 Å². The highest BCUT2D eigenvalue weighted by atomic mass is 16.5. The Bertz CT molecular complexity index is 1120. The van der Waals surface area contributed by atoms with Crippen LogP contribution < -0.4 is 15.5 Å². The Morgan fingerprint density at radius 3 is 2.28 bits per heavy atom. The lowest BCUT2D eigenvalue weighted by atomic mass is 10.1. The number of nitrogens with zero attached hydrogens (tertiary/aromatic N) is 3. The highest BCUT2D eigenvalue weighted by molar-refractivity contribution is 5.85. The molecule has 0 aliphatic carbocycles. The van der Waals surface area contributed by atoms with E-state index < -0.39 is 12.1 Å². The van der Waals surface area contributed by atoms with E-state index in [0.717, 1.165) is 48.7 Å². The lowest BCUT2D eigenvalue weighted by molar-refractivity contribution is -0.123. The number of hydrogen-bond acceptors (Lipinski definition) is 6. The van der Waals surface area contributed by atoms with Gasteiger partial charge in [0.1, 0.15) is 18.5 Å². The molecule has 2 amide bonds. The summed E-state index contributed by atoms with van der Waals surface area (Å²) in [6.45, 7) is 4.32. The summed E-state index contributed by atoms with van der Waals surface area (Å²) in [4.78, 5) is 34.7. The molecule has 3 aromatic rings. The lowest BCUT2D eigenvalue weighted by Crippen LogP contribution is -2.48. The fourth-order valence-corrected chi connectivity index (χ4v) is 4.06. The number of anilines is 1. The van der Waals surface area contributed by atoms with Gasteiger partial charge < -0.3 is 25.2 Å². The number of likely N-dealkylation sites (N-methyl/N-ethyl adjacent to an activating group) is 1. The molecule has 0 bridgehead atoms. The summed E-state index contributed by atoms with van der Waals surface area (Å²) >= 11 is 0. The summed E-state index contributed by atoms with van der Waals surface area (Å²) in [5.41, 5.74) is 2.78. The average molecular weight is 488 g/mol. The molecule has 0 spiro atoms. The third kappa shape index (κ3) is 7.55. The van der Waals surface area contributed by atoms with Gasteiger partial charge in [-0.15, -0.1) is 0 Å². The number of benzene rings is 2. The number of hydrogen-bond donors (Lipinski definition) is 2. The van der Waals surface area contributed by atoms with Gasteiger partial charge in [0.05, 0.1) is 0 Å². The number of carbonyl (C=O) groups is 2. The van der Waals surface area contributed by atoms with Crippen molar-refractivity contribution in [1.82, 2.24) is 20.5 Å². The van der Waals surface area contributed by atoms with Crippen LogP contribution in [0.4, 0.5) is 10.6 Å². The molecule has 1 aromatic heterocycles. The molecule has 1 aliphatic heterocycles. The Hall–Kier alpha value is -3.91. The Morgan fingerprint density at radius 2 is 1.58 bits per heavy atom. The molecule has 36 heavy (non-hydrogen) atoms. The maximum absolute atomic E-state index is 13.1. The second-order valence-corrected chi connectivity index (χ2v) is 8.98. The van der Waals surface area contributed by atoms with Crippen LogP contribution in [0.1, 0.15) is 16.7 Å². The predicted molar refractivity (Wildman–Crippen MR) is 139 cm³/mol. The van der Waals surface area contributed by atoms with Gasteiger partial charge in [-0.1, -0.05) is 60.7 Å². The SMILES string of the molecule is CN1CCN(c2cc(CNC(=O)C(Cc3ccccc3)NC(=O)OCc3ccccc3)ccn2)CC1. The molecule has 8 heteroatoms. The number of ether oxygens (including phenoxy) is 1.